The molecular formula is C12H21N3. The minimum Gasteiger partial charge on any atom is -0.317 e. The van der Waals surface area contributed by atoms with Crippen LogP contribution in [0.5, 0.6) is 0 Å². The molecule has 0 bridgehead atoms. The quantitative estimate of drug-likeness (QED) is 0.821. The lowest BCUT2D eigenvalue weighted by atomic mass is 9.84. The van der Waals surface area contributed by atoms with E-state index in [-0.39, 0.29) is 0 Å². The first-order chi connectivity index (χ1) is 7.33. The minimum absolute atomic E-state index is 0.648. The minimum atomic E-state index is 0.648. The van der Waals surface area contributed by atoms with Crippen molar-refractivity contribution >= 4 is 0 Å². The maximum absolute atomic E-state index is 4.35. The number of aryl methyl sites for hydroxylation is 1. The van der Waals surface area contributed by atoms with Gasteiger partial charge in [-0.25, -0.2) is 0 Å². The molecule has 2 heterocycles. The molecule has 2 rings (SSSR count). The second kappa shape index (κ2) is 4.79. The molecule has 0 aliphatic carbocycles. The number of rotatable bonds is 3. The molecule has 84 valence electrons. The molecule has 1 aliphatic rings. The highest BCUT2D eigenvalue weighted by molar-refractivity contribution is 5.08. The van der Waals surface area contributed by atoms with Crippen molar-refractivity contribution in [2.24, 2.45) is 5.92 Å². The van der Waals surface area contributed by atoms with Gasteiger partial charge in [-0.15, -0.1) is 0 Å². The van der Waals surface area contributed by atoms with Crippen molar-refractivity contribution in [3.63, 3.8) is 0 Å². The van der Waals surface area contributed by atoms with Crippen LogP contribution < -0.4 is 5.32 Å². The Morgan fingerprint density at radius 2 is 2.27 bits per heavy atom. The van der Waals surface area contributed by atoms with E-state index in [9.17, 15) is 0 Å². The lowest BCUT2D eigenvalue weighted by Gasteiger charge is -2.28. The Labute approximate surface area is 91.9 Å². The summed E-state index contributed by atoms with van der Waals surface area (Å²) >= 11 is 0. The van der Waals surface area contributed by atoms with Gasteiger partial charge in [-0.2, -0.15) is 5.10 Å². The smallest absolute Gasteiger partial charge is 0.0492 e. The third-order valence-electron chi connectivity index (χ3n) is 3.61. The van der Waals surface area contributed by atoms with Crippen LogP contribution in [0, 0.1) is 5.92 Å². The maximum Gasteiger partial charge on any atom is 0.0492 e. The maximum atomic E-state index is 4.35. The first-order valence-electron chi connectivity index (χ1n) is 6.05. The van der Waals surface area contributed by atoms with Crippen LogP contribution in [0.15, 0.2) is 12.3 Å². The summed E-state index contributed by atoms with van der Waals surface area (Å²) in [6.07, 6.45) is 4.53. The normalized spacial score (nSPS) is 20.4. The Morgan fingerprint density at radius 1 is 1.53 bits per heavy atom. The third kappa shape index (κ3) is 2.23. The van der Waals surface area contributed by atoms with Crippen LogP contribution in [0.25, 0.3) is 0 Å². The Bertz CT molecular complexity index is 300. The SMILES string of the molecule is CCn1nccc1C(C)C1CCNCC1. The third-order valence-corrected chi connectivity index (χ3v) is 3.61. The molecule has 1 saturated heterocycles. The number of hydrogen-bond donors (Lipinski definition) is 1. The molecule has 0 saturated carbocycles. The molecule has 1 aromatic rings. The predicted octanol–water partition coefficient (Wildman–Crippen LogP) is 2.01. The molecule has 0 amide bonds. The van der Waals surface area contributed by atoms with E-state index in [0.29, 0.717) is 5.92 Å². The van der Waals surface area contributed by atoms with Crippen molar-refractivity contribution in [1.82, 2.24) is 15.1 Å². The predicted molar refractivity (Wildman–Crippen MR) is 61.9 cm³/mol. The van der Waals surface area contributed by atoms with E-state index in [1.54, 1.807) is 0 Å². The van der Waals surface area contributed by atoms with Crippen LogP contribution in [0.4, 0.5) is 0 Å². The second-order valence-corrected chi connectivity index (χ2v) is 4.45. The monoisotopic (exact) mass is 207 g/mol. The first kappa shape index (κ1) is 10.7. The van der Waals surface area contributed by atoms with Gasteiger partial charge >= 0.3 is 0 Å². The van der Waals surface area contributed by atoms with Gasteiger partial charge in [-0.05, 0) is 44.8 Å². The Morgan fingerprint density at radius 3 is 2.93 bits per heavy atom. The van der Waals surface area contributed by atoms with Crippen LogP contribution in [0.2, 0.25) is 0 Å². The van der Waals surface area contributed by atoms with Crippen LogP contribution in [0.1, 0.15) is 38.3 Å². The van der Waals surface area contributed by atoms with Crippen LogP contribution in [-0.4, -0.2) is 22.9 Å². The zero-order valence-electron chi connectivity index (χ0n) is 9.74. The van der Waals surface area contributed by atoms with E-state index >= 15 is 0 Å². The lowest BCUT2D eigenvalue weighted by Crippen LogP contribution is -2.30. The fraction of sp³-hybridized carbons (Fsp3) is 0.750. The average Bonchev–Trinajstić information content (AvgIpc) is 2.77. The van der Waals surface area contributed by atoms with Gasteiger partial charge < -0.3 is 5.32 Å². The standard InChI is InChI=1S/C12H21N3/c1-3-15-12(6-9-14-15)10(2)11-4-7-13-8-5-11/h6,9-11,13H,3-5,7-8H2,1-2H3. The summed E-state index contributed by atoms with van der Waals surface area (Å²) in [5.74, 6) is 1.47. The molecule has 0 spiro atoms. The summed E-state index contributed by atoms with van der Waals surface area (Å²) in [5.41, 5.74) is 1.41. The zero-order valence-corrected chi connectivity index (χ0v) is 9.74. The Kier molecular flexibility index (Phi) is 3.41. The molecule has 3 nitrogen and oxygen atoms in total. The van der Waals surface area contributed by atoms with Gasteiger partial charge in [0.2, 0.25) is 0 Å². The van der Waals surface area contributed by atoms with E-state index in [2.05, 4.69) is 35.0 Å². The summed E-state index contributed by atoms with van der Waals surface area (Å²) in [4.78, 5) is 0. The molecule has 15 heavy (non-hydrogen) atoms. The summed E-state index contributed by atoms with van der Waals surface area (Å²) < 4.78 is 2.13. The number of hydrogen-bond acceptors (Lipinski definition) is 2. The van der Waals surface area contributed by atoms with Crippen molar-refractivity contribution in [2.75, 3.05) is 13.1 Å². The molecule has 1 aromatic heterocycles. The van der Waals surface area contributed by atoms with Gasteiger partial charge in [0.1, 0.15) is 0 Å². The van der Waals surface area contributed by atoms with Crippen LogP contribution >= 0.6 is 0 Å². The van der Waals surface area contributed by atoms with Crippen molar-refractivity contribution in [3.05, 3.63) is 18.0 Å². The molecule has 0 aromatic carbocycles. The molecule has 1 atom stereocenters. The molecule has 1 aliphatic heterocycles. The number of nitrogens with zero attached hydrogens (tertiary/aromatic N) is 2. The lowest BCUT2D eigenvalue weighted by molar-refractivity contribution is 0.319. The Hall–Kier alpha value is -0.830. The fourth-order valence-corrected chi connectivity index (χ4v) is 2.58. The summed E-state index contributed by atoms with van der Waals surface area (Å²) in [6.45, 7) is 7.84. The van der Waals surface area contributed by atoms with Crippen LogP contribution in [-0.2, 0) is 6.54 Å². The highest BCUT2D eigenvalue weighted by atomic mass is 15.3. The van der Waals surface area contributed by atoms with Gasteiger partial charge in [0.25, 0.3) is 0 Å². The number of piperidine rings is 1. The topological polar surface area (TPSA) is 29.9 Å². The summed E-state index contributed by atoms with van der Waals surface area (Å²) in [7, 11) is 0. The van der Waals surface area contributed by atoms with E-state index in [1.165, 1.54) is 31.6 Å². The van der Waals surface area contributed by atoms with Gasteiger partial charge in [0, 0.05) is 24.4 Å². The van der Waals surface area contributed by atoms with Crippen molar-refractivity contribution in [3.8, 4) is 0 Å². The Balaban J connectivity index is 2.08. The fourth-order valence-electron chi connectivity index (χ4n) is 2.58. The van der Waals surface area contributed by atoms with Gasteiger partial charge in [-0.1, -0.05) is 6.92 Å². The van der Waals surface area contributed by atoms with E-state index < -0.39 is 0 Å². The van der Waals surface area contributed by atoms with Gasteiger partial charge in [0.15, 0.2) is 0 Å². The summed E-state index contributed by atoms with van der Waals surface area (Å²) in [5, 5.41) is 7.77. The van der Waals surface area contributed by atoms with Crippen molar-refractivity contribution < 1.29 is 0 Å². The summed E-state index contributed by atoms with van der Waals surface area (Å²) in [6, 6.07) is 2.18. The molecular weight excluding hydrogens is 186 g/mol. The van der Waals surface area contributed by atoms with Crippen molar-refractivity contribution in [1.29, 1.82) is 0 Å². The van der Waals surface area contributed by atoms with Gasteiger partial charge in [0.05, 0.1) is 0 Å². The van der Waals surface area contributed by atoms with Gasteiger partial charge in [-0.3, -0.25) is 4.68 Å². The van der Waals surface area contributed by atoms with E-state index in [1.807, 2.05) is 6.20 Å². The number of aromatic nitrogens is 2. The van der Waals surface area contributed by atoms with Crippen molar-refractivity contribution in [2.45, 2.75) is 39.2 Å². The number of nitrogens with one attached hydrogen (secondary N) is 1. The molecule has 1 N–H and O–H groups in total. The molecule has 1 unspecified atom stereocenters. The largest absolute Gasteiger partial charge is 0.317 e. The zero-order chi connectivity index (χ0) is 10.7. The molecule has 3 heteroatoms. The molecule has 1 fully saturated rings. The average molecular weight is 207 g/mol. The van der Waals surface area contributed by atoms with E-state index in [4.69, 9.17) is 0 Å². The van der Waals surface area contributed by atoms with Crippen LogP contribution in [0.3, 0.4) is 0 Å². The molecule has 0 radical (unpaired) electrons. The second-order valence-electron chi connectivity index (χ2n) is 4.45. The highest BCUT2D eigenvalue weighted by Crippen LogP contribution is 2.30. The van der Waals surface area contributed by atoms with E-state index in [0.717, 1.165) is 12.5 Å². The highest BCUT2D eigenvalue weighted by Gasteiger charge is 2.23. The first-order valence-corrected chi connectivity index (χ1v) is 6.05.